The van der Waals surface area contributed by atoms with Gasteiger partial charge in [-0.2, -0.15) is 0 Å². The summed E-state index contributed by atoms with van der Waals surface area (Å²) in [4.78, 5) is 0.441. The van der Waals surface area contributed by atoms with Crippen LogP contribution >= 0.6 is 0 Å². The van der Waals surface area contributed by atoms with Gasteiger partial charge in [0.05, 0.1) is 22.0 Å². The standard InChI is InChI=1S/C16H20O3S/c1-4-5-14-8-11-16(19-14)13(3)20(17,18)15-9-6-12(2)7-10-15/h4,6-7,9-10,14,16H,1,3,5,8,11H2,2H3/t14-,16+/m1/s1. The molecule has 1 aromatic rings. The average molecular weight is 292 g/mol. The predicted octanol–water partition coefficient (Wildman–Crippen LogP) is 3.41. The number of aryl methyl sites for hydroxylation is 1. The van der Waals surface area contributed by atoms with E-state index in [-0.39, 0.29) is 15.9 Å². The van der Waals surface area contributed by atoms with E-state index in [1.165, 1.54) is 0 Å². The monoisotopic (exact) mass is 292 g/mol. The van der Waals surface area contributed by atoms with Crippen molar-refractivity contribution in [3.63, 3.8) is 0 Å². The minimum absolute atomic E-state index is 0.0578. The van der Waals surface area contributed by atoms with Gasteiger partial charge in [-0.05, 0) is 38.3 Å². The third-order valence-corrected chi connectivity index (χ3v) is 5.42. The van der Waals surface area contributed by atoms with Crippen molar-refractivity contribution in [2.75, 3.05) is 0 Å². The Bertz CT molecular complexity index is 599. The third kappa shape index (κ3) is 3.02. The Morgan fingerprint density at radius 2 is 2.00 bits per heavy atom. The summed E-state index contributed by atoms with van der Waals surface area (Å²) in [6, 6.07) is 6.81. The van der Waals surface area contributed by atoms with Gasteiger partial charge in [0.15, 0.2) is 0 Å². The van der Waals surface area contributed by atoms with Crippen LogP contribution in [0.3, 0.4) is 0 Å². The van der Waals surface area contributed by atoms with Crippen LogP contribution in [0, 0.1) is 6.92 Å². The minimum Gasteiger partial charge on any atom is -0.369 e. The van der Waals surface area contributed by atoms with Gasteiger partial charge in [0.2, 0.25) is 9.84 Å². The second-order valence-electron chi connectivity index (χ2n) is 5.13. The molecule has 20 heavy (non-hydrogen) atoms. The molecule has 3 nitrogen and oxygen atoms in total. The molecule has 0 amide bonds. The molecule has 0 spiro atoms. The highest BCUT2D eigenvalue weighted by Crippen LogP contribution is 2.31. The molecule has 1 fully saturated rings. The zero-order valence-electron chi connectivity index (χ0n) is 11.7. The number of hydrogen-bond donors (Lipinski definition) is 0. The molecular weight excluding hydrogens is 272 g/mol. The first kappa shape index (κ1) is 15.0. The minimum atomic E-state index is -3.52. The van der Waals surface area contributed by atoms with Crippen LogP contribution in [-0.4, -0.2) is 20.6 Å². The molecular formula is C16H20O3S. The summed E-state index contributed by atoms with van der Waals surface area (Å²) < 4.78 is 30.7. The summed E-state index contributed by atoms with van der Waals surface area (Å²) in [6.45, 7) is 9.36. The van der Waals surface area contributed by atoms with Crippen LogP contribution in [0.25, 0.3) is 0 Å². The molecule has 1 heterocycles. The van der Waals surface area contributed by atoms with Crippen LogP contribution in [-0.2, 0) is 14.6 Å². The molecule has 0 N–H and O–H groups in total. The normalized spacial score (nSPS) is 22.6. The average Bonchev–Trinajstić information content (AvgIpc) is 2.87. The molecule has 0 radical (unpaired) electrons. The molecule has 0 aromatic heterocycles. The predicted molar refractivity (Wildman–Crippen MR) is 80.2 cm³/mol. The molecule has 0 bridgehead atoms. The zero-order valence-corrected chi connectivity index (χ0v) is 12.5. The number of rotatable bonds is 5. The lowest BCUT2D eigenvalue weighted by Gasteiger charge is -2.15. The Morgan fingerprint density at radius 3 is 2.60 bits per heavy atom. The highest BCUT2D eigenvalue weighted by molar-refractivity contribution is 7.95. The molecule has 1 aliphatic heterocycles. The van der Waals surface area contributed by atoms with E-state index in [1.54, 1.807) is 30.3 Å². The first-order chi connectivity index (χ1) is 9.45. The van der Waals surface area contributed by atoms with Crippen molar-refractivity contribution in [2.45, 2.75) is 43.3 Å². The summed E-state index contributed by atoms with van der Waals surface area (Å²) in [5.41, 5.74) is 1.03. The quantitative estimate of drug-likeness (QED) is 0.781. The molecule has 1 saturated heterocycles. The fourth-order valence-electron chi connectivity index (χ4n) is 2.34. The summed E-state index contributed by atoms with van der Waals surface area (Å²) in [5, 5.41) is 0. The van der Waals surface area contributed by atoms with Crippen molar-refractivity contribution >= 4 is 9.84 Å². The van der Waals surface area contributed by atoms with Crippen molar-refractivity contribution in [3.8, 4) is 0 Å². The Labute approximate surface area is 120 Å². The van der Waals surface area contributed by atoms with Crippen molar-refractivity contribution in [1.29, 1.82) is 0 Å². The maximum atomic E-state index is 12.5. The maximum absolute atomic E-state index is 12.5. The summed E-state index contributed by atoms with van der Waals surface area (Å²) in [7, 11) is -3.52. The number of benzene rings is 1. The van der Waals surface area contributed by atoms with Gasteiger partial charge in [0.1, 0.15) is 0 Å². The van der Waals surface area contributed by atoms with Gasteiger partial charge in [0.25, 0.3) is 0 Å². The van der Waals surface area contributed by atoms with Gasteiger partial charge in [-0.25, -0.2) is 8.42 Å². The van der Waals surface area contributed by atoms with Crippen molar-refractivity contribution in [2.24, 2.45) is 0 Å². The Kier molecular flexibility index (Phi) is 4.45. The van der Waals surface area contributed by atoms with Gasteiger partial charge in [-0.3, -0.25) is 0 Å². The summed E-state index contributed by atoms with van der Waals surface area (Å²) in [6.07, 6.45) is 3.73. The lowest BCUT2D eigenvalue weighted by atomic mass is 10.1. The van der Waals surface area contributed by atoms with E-state index in [4.69, 9.17) is 4.74 Å². The van der Waals surface area contributed by atoms with E-state index in [2.05, 4.69) is 13.2 Å². The largest absolute Gasteiger partial charge is 0.369 e. The van der Waals surface area contributed by atoms with Crippen LogP contribution < -0.4 is 0 Å². The SMILES string of the molecule is C=CC[C@@H]1CC[C@@H](C(=C)S(=O)(=O)c2ccc(C)cc2)O1. The van der Waals surface area contributed by atoms with E-state index in [1.807, 2.05) is 6.92 Å². The number of sulfone groups is 1. The molecule has 0 saturated carbocycles. The zero-order chi connectivity index (χ0) is 14.8. The Morgan fingerprint density at radius 1 is 1.35 bits per heavy atom. The third-order valence-electron chi connectivity index (χ3n) is 3.57. The topological polar surface area (TPSA) is 43.4 Å². The highest BCUT2D eigenvalue weighted by atomic mass is 32.2. The molecule has 2 atom stereocenters. The lowest BCUT2D eigenvalue weighted by molar-refractivity contribution is 0.0710. The van der Waals surface area contributed by atoms with Gasteiger partial charge in [0, 0.05) is 0 Å². The van der Waals surface area contributed by atoms with Gasteiger partial charge >= 0.3 is 0 Å². The first-order valence-corrected chi connectivity index (χ1v) is 8.20. The van der Waals surface area contributed by atoms with E-state index in [9.17, 15) is 8.42 Å². The van der Waals surface area contributed by atoms with Crippen molar-refractivity contribution < 1.29 is 13.2 Å². The molecule has 0 unspecified atom stereocenters. The Balaban J connectivity index is 2.16. The van der Waals surface area contributed by atoms with Crippen molar-refractivity contribution in [1.82, 2.24) is 0 Å². The molecule has 1 aliphatic rings. The van der Waals surface area contributed by atoms with E-state index in [0.717, 1.165) is 18.4 Å². The number of hydrogen-bond acceptors (Lipinski definition) is 3. The smallest absolute Gasteiger partial charge is 0.204 e. The van der Waals surface area contributed by atoms with Gasteiger partial charge in [-0.15, -0.1) is 6.58 Å². The lowest BCUT2D eigenvalue weighted by Crippen LogP contribution is -2.19. The molecule has 1 aromatic carbocycles. The fourth-order valence-corrected chi connectivity index (χ4v) is 3.66. The molecule has 2 rings (SSSR count). The Hall–Kier alpha value is -1.39. The molecule has 4 heteroatoms. The van der Waals surface area contributed by atoms with Crippen LogP contribution in [0.5, 0.6) is 0 Å². The van der Waals surface area contributed by atoms with E-state index >= 15 is 0 Å². The van der Waals surface area contributed by atoms with E-state index in [0.29, 0.717) is 6.42 Å². The number of ether oxygens (including phenoxy) is 1. The summed E-state index contributed by atoms with van der Waals surface area (Å²) >= 11 is 0. The second kappa shape index (κ2) is 5.94. The maximum Gasteiger partial charge on any atom is 0.204 e. The van der Waals surface area contributed by atoms with Crippen LogP contribution in [0.15, 0.2) is 53.3 Å². The van der Waals surface area contributed by atoms with Crippen LogP contribution in [0.1, 0.15) is 24.8 Å². The molecule has 108 valence electrons. The van der Waals surface area contributed by atoms with Crippen LogP contribution in [0.2, 0.25) is 0 Å². The first-order valence-electron chi connectivity index (χ1n) is 6.72. The highest BCUT2D eigenvalue weighted by Gasteiger charge is 2.33. The van der Waals surface area contributed by atoms with Gasteiger partial charge in [-0.1, -0.05) is 30.4 Å². The molecule has 0 aliphatic carbocycles. The van der Waals surface area contributed by atoms with Crippen LogP contribution in [0.4, 0.5) is 0 Å². The fraction of sp³-hybridized carbons (Fsp3) is 0.375. The van der Waals surface area contributed by atoms with Crippen molar-refractivity contribution in [3.05, 3.63) is 54.0 Å². The second-order valence-corrected chi connectivity index (χ2v) is 7.13. The van der Waals surface area contributed by atoms with Gasteiger partial charge < -0.3 is 4.74 Å². The summed E-state index contributed by atoms with van der Waals surface area (Å²) in [5.74, 6) is 0. The van der Waals surface area contributed by atoms with E-state index < -0.39 is 15.9 Å².